The van der Waals surface area contributed by atoms with E-state index in [2.05, 4.69) is 20.6 Å². The van der Waals surface area contributed by atoms with E-state index in [0.717, 1.165) is 11.3 Å². The van der Waals surface area contributed by atoms with Gasteiger partial charge < -0.3 is 10.6 Å². The SMILES string of the molecule is Cc1cc(C(=O)NCCc2ccc(Cl)cc2Cl)nc(NC(C)(C)C)n1. The average Bonchev–Trinajstić information content (AvgIpc) is 2.47. The molecule has 25 heavy (non-hydrogen) atoms. The lowest BCUT2D eigenvalue weighted by Gasteiger charge is -2.20. The maximum absolute atomic E-state index is 12.4. The zero-order valence-electron chi connectivity index (χ0n) is 14.8. The van der Waals surface area contributed by atoms with E-state index >= 15 is 0 Å². The molecule has 2 N–H and O–H groups in total. The average molecular weight is 381 g/mol. The van der Waals surface area contributed by atoms with Crippen molar-refractivity contribution in [3.63, 3.8) is 0 Å². The molecule has 0 aliphatic rings. The molecule has 0 saturated carbocycles. The topological polar surface area (TPSA) is 66.9 Å². The molecular formula is C18H22Cl2N4O. The van der Waals surface area contributed by atoms with Crippen molar-refractivity contribution in [2.24, 2.45) is 0 Å². The van der Waals surface area contributed by atoms with Gasteiger partial charge in [0.05, 0.1) is 0 Å². The first kappa shape index (κ1) is 19.5. The van der Waals surface area contributed by atoms with Crippen LogP contribution in [0.1, 0.15) is 42.5 Å². The van der Waals surface area contributed by atoms with Crippen molar-refractivity contribution >= 4 is 35.1 Å². The zero-order valence-corrected chi connectivity index (χ0v) is 16.3. The van der Waals surface area contributed by atoms with Gasteiger partial charge in [-0.25, -0.2) is 9.97 Å². The predicted molar refractivity (Wildman–Crippen MR) is 103 cm³/mol. The Balaban J connectivity index is 2.00. The molecule has 1 aromatic heterocycles. The van der Waals surface area contributed by atoms with E-state index in [9.17, 15) is 4.79 Å². The van der Waals surface area contributed by atoms with Crippen molar-refractivity contribution in [2.45, 2.75) is 39.7 Å². The van der Waals surface area contributed by atoms with Crippen LogP contribution in [-0.2, 0) is 6.42 Å². The number of benzene rings is 1. The molecule has 0 radical (unpaired) electrons. The van der Waals surface area contributed by atoms with Crippen molar-refractivity contribution in [1.82, 2.24) is 15.3 Å². The Bertz CT molecular complexity index is 772. The van der Waals surface area contributed by atoms with Crippen molar-refractivity contribution in [2.75, 3.05) is 11.9 Å². The molecule has 2 aromatic rings. The maximum Gasteiger partial charge on any atom is 0.270 e. The van der Waals surface area contributed by atoms with Gasteiger partial charge in [0.15, 0.2) is 0 Å². The molecule has 0 fully saturated rings. The van der Waals surface area contributed by atoms with Gasteiger partial charge in [0.1, 0.15) is 5.69 Å². The Morgan fingerprint density at radius 2 is 1.88 bits per heavy atom. The lowest BCUT2D eigenvalue weighted by molar-refractivity contribution is 0.0949. The van der Waals surface area contributed by atoms with Crippen molar-refractivity contribution in [1.29, 1.82) is 0 Å². The van der Waals surface area contributed by atoms with Crippen LogP contribution in [0.4, 0.5) is 5.95 Å². The minimum atomic E-state index is -0.243. The zero-order chi connectivity index (χ0) is 18.6. The second-order valence-electron chi connectivity index (χ2n) is 6.83. The fourth-order valence-corrected chi connectivity index (χ4v) is 2.70. The number of amides is 1. The second kappa shape index (κ2) is 8.02. The van der Waals surface area contributed by atoms with Gasteiger partial charge in [-0.3, -0.25) is 4.79 Å². The highest BCUT2D eigenvalue weighted by atomic mass is 35.5. The summed E-state index contributed by atoms with van der Waals surface area (Å²) in [4.78, 5) is 21.0. The summed E-state index contributed by atoms with van der Waals surface area (Å²) in [5, 5.41) is 7.22. The minimum absolute atomic E-state index is 0.188. The molecule has 0 saturated heterocycles. The Morgan fingerprint density at radius 1 is 1.16 bits per heavy atom. The molecule has 2 rings (SSSR count). The fourth-order valence-electron chi connectivity index (χ4n) is 2.20. The van der Waals surface area contributed by atoms with Gasteiger partial charge >= 0.3 is 0 Å². The van der Waals surface area contributed by atoms with Crippen LogP contribution in [0.5, 0.6) is 0 Å². The van der Waals surface area contributed by atoms with Crippen LogP contribution in [0.3, 0.4) is 0 Å². The number of carbonyl (C=O) groups is 1. The third-order valence-electron chi connectivity index (χ3n) is 3.27. The molecular weight excluding hydrogens is 359 g/mol. The summed E-state index contributed by atoms with van der Waals surface area (Å²) in [5.41, 5.74) is 1.81. The van der Waals surface area contributed by atoms with Crippen molar-refractivity contribution < 1.29 is 4.79 Å². The van der Waals surface area contributed by atoms with Crippen LogP contribution in [0.15, 0.2) is 24.3 Å². The largest absolute Gasteiger partial charge is 0.350 e. The van der Waals surface area contributed by atoms with Gasteiger partial charge in [0.25, 0.3) is 5.91 Å². The van der Waals surface area contributed by atoms with Gasteiger partial charge in [-0.15, -0.1) is 0 Å². The van der Waals surface area contributed by atoms with Crippen LogP contribution < -0.4 is 10.6 Å². The van der Waals surface area contributed by atoms with E-state index in [-0.39, 0.29) is 11.4 Å². The molecule has 1 amide bonds. The number of aryl methyl sites for hydroxylation is 1. The quantitative estimate of drug-likeness (QED) is 0.812. The molecule has 1 aromatic carbocycles. The first-order valence-corrected chi connectivity index (χ1v) is 8.75. The Hall–Kier alpha value is -1.85. The highest BCUT2D eigenvalue weighted by Gasteiger charge is 2.15. The van der Waals surface area contributed by atoms with Crippen LogP contribution in [0.2, 0.25) is 10.0 Å². The summed E-state index contributed by atoms with van der Waals surface area (Å²) >= 11 is 12.0. The number of aromatic nitrogens is 2. The van der Waals surface area contributed by atoms with Gasteiger partial charge in [-0.1, -0.05) is 29.3 Å². The minimum Gasteiger partial charge on any atom is -0.350 e. The summed E-state index contributed by atoms with van der Waals surface area (Å²) < 4.78 is 0. The first-order chi connectivity index (χ1) is 11.6. The normalized spacial score (nSPS) is 11.3. The number of halogens is 2. The number of rotatable bonds is 5. The standard InChI is InChI=1S/C18H22Cl2N4O/c1-11-9-15(23-17(22-11)24-18(2,3)4)16(25)21-8-7-12-5-6-13(19)10-14(12)20/h5-6,9-10H,7-8H2,1-4H3,(H,21,25)(H,22,23,24). The van der Waals surface area contributed by atoms with Crippen molar-refractivity contribution in [3.8, 4) is 0 Å². The summed E-state index contributed by atoms with van der Waals surface area (Å²) in [6.07, 6.45) is 0.610. The van der Waals surface area contributed by atoms with E-state index in [0.29, 0.717) is 34.7 Å². The molecule has 7 heteroatoms. The fraction of sp³-hybridized carbons (Fsp3) is 0.389. The number of anilines is 1. The molecule has 0 aliphatic carbocycles. The van der Waals surface area contributed by atoms with Crippen LogP contribution in [0, 0.1) is 6.92 Å². The summed E-state index contributed by atoms with van der Waals surface area (Å²) in [6, 6.07) is 7.00. The van der Waals surface area contributed by atoms with Crippen LogP contribution >= 0.6 is 23.2 Å². The molecule has 1 heterocycles. The van der Waals surface area contributed by atoms with E-state index < -0.39 is 0 Å². The van der Waals surface area contributed by atoms with E-state index in [1.165, 1.54) is 0 Å². The lowest BCUT2D eigenvalue weighted by Crippen LogP contribution is -2.30. The van der Waals surface area contributed by atoms with Crippen LogP contribution in [-0.4, -0.2) is 28.0 Å². The van der Waals surface area contributed by atoms with E-state index in [4.69, 9.17) is 23.2 Å². The highest BCUT2D eigenvalue weighted by Crippen LogP contribution is 2.21. The van der Waals surface area contributed by atoms with Gasteiger partial charge in [0.2, 0.25) is 5.95 Å². The van der Waals surface area contributed by atoms with Crippen LogP contribution in [0.25, 0.3) is 0 Å². The number of carbonyl (C=O) groups excluding carboxylic acids is 1. The second-order valence-corrected chi connectivity index (χ2v) is 7.68. The maximum atomic E-state index is 12.4. The monoisotopic (exact) mass is 380 g/mol. The molecule has 0 bridgehead atoms. The Labute approximate surface area is 158 Å². The molecule has 0 unspecified atom stereocenters. The van der Waals surface area contributed by atoms with Crippen molar-refractivity contribution in [3.05, 3.63) is 51.3 Å². The molecule has 0 aliphatic heterocycles. The Morgan fingerprint density at radius 3 is 2.52 bits per heavy atom. The van der Waals surface area contributed by atoms with E-state index in [1.54, 1.807) is 18.2 Å². The smallest absolute Gasteiger partial charge is 0.270 e. The van der Waals surface area contributed by atoms with Gasteiger partial charge in [-0.2, -0.15) is 0 Å². The molecule has 134 valence electrons. The number of hydrogen-bond donors (Lipinski definition) is 2. The van der Waals surface area contributed by atoms with E-state index in [1.807, 2.05) is 33.8 Å². The van der Waals surface area contributed by atoms with Gasteiger partial charge in [0, 0.05) is 27.8 Å². The number of hydrogen-bond acceptors (Lipinski definition) is 4. The number of nitrogens with zero attached hydrogens (tertiary/aromatic N) is 2. The molecule has 5 nitrogen and oxygen atoms in total. The predicted octanol–water partition coefficient (Wildman–Crippen LogP) is 4.27. The molecule has 0 atom stereocenters. The highest BCUT2D eigenvalue weighted by molar-refractivity contribution is 6.35. The summed E-state index contributed by atoms with van der Waals surface area (Å²) in [7, 11) is 0. The van der Waals surface area contributed by atoms with Gasteiger partial charge in [-0.05, 0) is 57.9 Å². The first-order valence-electron chi connectivity index (χ1n) is 8.00. The third kappa shape index (κ3) is 6.18. The lowest BCUT2D eigenvalue weighted by atomic mass is 10.1. The number of nitrogens with one attached hydrogen (secondary N) is 2. The molecule has 0 spiro atoms. The third-order valence-corrected chi connectivity index (χ3v) is 3.86. The summed E-state index contributed by atoms with van der Waals surface area (Å²) in [5.74, 6) is 0.200. The summed E-state index contributed by atoms with van der Waals surface area (Å²) in [6.45, 7) is 8.31. The Kier molecular flexibility index (Phi) is 6.25.